The highest BCUT2D eigenvalue weighted by Gasteiger charge is 2.24. The average Bonchev–Trinajstić information content (AvgIpc) is 3.51. The van der Waals surface area contributed by atoms with Crippen molar-refractivity contribution in [2.24, 2.45) is 5.14 Å². The number of sulfonamides is 2. The molecule has 0 aliphatic carbocycles. The van der Waals surface area contributed by atoms with Gasteiger partial charge in [-0.2, -0.15) is 4.57 Å². The Morgan fingerprint density at radius 3 is 1.76 bits per heavy atom. The highest BCUT2D eigenvalue weighted by Crippen LogP contribution is 2.24. The fraction of sp³-hybridized carbons (Fsp3) is 0.606. The molecule has 0 saturated heterocycles. The predicted molar refractivity (Wildman–Crippen MR) is 183 cm³/mol. The van der Waals surface area contributed by atoms with Gasteiger partial charge >= 0.3 is 0 Å². The number of unbranched alkanes of at least 4 members (excludes halogenated alkanes) is 12. The van der Waals surface area contributed by atoms with Crippen molar-refractivity contribution in [1.29, 1.82) is 0 Å². The number of nitrogens with zero attached hydrogens (tertiary/aromatic N) is 3. The largest absolute Gasteiger partial charge is 0.357 e. The Kier molecular flexibility index (Phi) is 19.2. The van der Waals surface area contributed by atoms with Crippen molar-refractivity contribution in [2.75, 3.05) is 4.72 Å². The number of aromatic nitrogens is 3. The summed E-state index contributed by atoms with van der Waals surface area (Å²) in [7, 11) is -10.9. The molecular weight excluding hydrogens is 710 g/mol. The molecule has 1 aromatic carbocycles. The molecule has 2 heterocycles. The minimum Gasteiger partial charge on any atom is -0.357 e. The number of anilines is 1. The van der Waals surface area contributed by atoms with E-state index < -0.39 is 35.2 Å². The molecule has 3 rings (SSSR count). The molecule has 0 aliphatic heterocycles. The standard InChI is InChI=1S/C33H52N5O4S3.ClO3/c1-5-7-9-11-13-15-17-19-28-25-30(20-18-16-14-12-10-8-6-2)38(27(4)26(28)3)29-21-23-31(24-22-29)45(41,42)37-32-35-36-33(43-32)44(34,39)40;2-1(3)4/h21-25H,5-20H2,1-4H3,(H,35,37)(H2,34,39,40);/q+1;-1. The summed E-state index contributed by atoms with van der Waals surface area (Å²) in [6, 6.07) is 9.14. The van der Waals surface area contributed by atoms with Gasteiger partial charge in [0.05, 0.1) is 15.7 Å². The van der Waals surface area contributed by atoms with Crippen LogP contribution in [-0.4, -0.2) is 27.0 Å². The summed E-state index contributed by atoms with van der Waals surface area (Å²) in [5, 5.41) is 12.0. The molecule has 3 N–H and O–H groups in total. The van der Waals surface area contributed by atoms with E-state index in [1.54, 1.807) is 12.1 Å². The number of hydrogen-bond donors (Lipinski definition) is 2. The lowest BCUT2D eigenvalue weighted by Gasteiger charge is -2.14. The predicted octanol–water partition coefficient (Wildman–Crippen LogP) is 3.90. The van der Waals surface area contributed by atoms with Gasteiger partial charge in [0.2, 0.25) is 15.2 Å². The van der Waals surface area contributed by atoms with E-state index in [9.17, 15) is 16.8 Å². The van der Waals surface area contributed by atoms with Gasteiger partial charge in [-0.15, -0.1) is 10.2 Å². The maximum Gasteiger partial charge on any atom is 0.267 e. The Morgan fingerprint density at radius 1 is 0.776 bits per heavy atom. The van der Waals surface area contributed by atoms with E-state index in [0.717, 1.165) is 24.9 Å². The number of halogens is 1. The molecule has 49 heavy (non-hydrogen) atoms. The lowest BCUT2D eigenvalue weighted by Crippen LogP contribution is -2.42. The van der Waals surface area contributed by atoms with Gasteiger partial charge in [0, 0.05) is 37.1 Å². The number of hydrogen-bond acceptors (Lipinski definition) is 10. The van der Waals surface area contributed by atoms with Crippen LogP contribution in [0.5, 0.6) is 0 Å². The Balaban J connectivity index is 0.00000197. The number of aryl methyl sites for hydroxylation is 2. The Labute approximate surface area is 299 Å². The van der Waals surface area contributed by atoms with E-state index in [2.05, 4.69) is 53.2 Å². The number of pyridine rings is 1. The first-order valence-corrected chi connectivity index (χ1v) is 21.7. The molecule has 276 valence electrons. The van der Waals surface area contributed by atoms with Crippen LogP contribution in [0.25, 0.3) is 5.69 Å². The second-order valence-electron chi connectivity index (χ2n) is 12.2. The summed E-state index contributed by atoms with van der Waals surface area (Å²) in [6.07, 6.45) is 19.8. The van der Waals surface area contributed by atoms with Crippen molar-refractivity contribution in [2.45, 2.75) is 140 Å². The SMILES string of the molecule is CCCCCCCCCc1cc(CCCCCCCCC)[n+](-c2ccc(S(=O)(=O)Nc3nnc(S(N)(=O)=O)s3)cc2)c(C)c1C.[O-][Cl+2]([O-])[O-]. The molecule has 0 amide bonds. The molecule has 12 nitrogen and oxygen atoms in total. The lowest BCUT2D eigenvalue weighted by atomic mass is 9.97. The monoisotopic (exact) mass is 761 g/mol. The van der Waals surface area contributed by atoms with E-state index in [0.29, 0.717) is 11.3 Å². The molecule has 0 aliphatic rings. The fourth-order valence-corrected chi connectivity index (χ4v) is 8.21. The average molecular weight is 762 g/mol. The van der Waals surface area contributed by atoms with Gasteiger partial charge < -0.3 is 14.0 Å². The summed E-state index contributed by atoms with van der Waals surface area (Å²) in [4.78, 5) is 0.0396. The van der Waals surface area contributed by atoms with Gasteiger partial charge in [0.15, 0.2) is 11.4 Å². The van der Waals surface area contributed by atoms with Crippen LogP contribution in [0.1, 0.15) is 126 Å². The van der Waals surface area contributed by atoms with Crippen LogP contribution in [0.2, 0.25) is 0 Å². The van der Waals surface area contributed by atoms with Crippen molar-refractivity contribution in [3.05, 3.63) is 52.8 Å². The molecule has 0 atom stereocenters. The maximum atomic E-state index is 13.0. The molecule has 0 unspecified atom stereocenters. The number of rotatable bonds is 21. The Morgan fingerprint density at radius 2 is 1.27 bits per heavy atom. The van der Waals surface area contributed by atoms with Crippen LogP contribution in [0.3, 0.4) is 0 Å². The Bertz CT molecular complexity index is 1630. The van der Waals surface area contributed by atoms with Crippen LogP contribution in [0, 0.1) is 24.6 Å². The first-order chi connectivity index (χ1) is 23.2. The molecule has 0 saturated carbocycles. The van der Waals surface area contributed by atoms with Crippen molar-refractivity contribution in [3.63, 3.8) is 0 Å². The van der Waals surface area contributed by atoms with Gasteiger partial charge in [-0.05, 0) is 43.9 Å². The van der Waals surface area contributed by atoms with Gasteiger partial charge in [-0.3, -0.25) is 4.72 Å². The summed E-state index contributed by atoms with van der Waals surface area (Å²) in [6.45, 7) is 8.84. The quantitative estimate of drug-likeness (QED) is 0.119. The number of nitrogens with two attached hydrogens (primary N) is 1. The highest BCUT2D eigenvalue weighted by atomic mass is 35.6. The van der Waals surface area contributed by atoms with Crippen LogP contribution in [-0.2, 0) is 32.9 Å². The number of primary sulfonamides is 1. The Hall–Kier alpha value is -2.24. The third-order valence-corrected chi connectivity index (χ3v) is 12.0. The fourth-order valence-electron chi connectivity index (χ4n) is 5.64. The zero-order valence-corrected chi connectivity index (χ0v) is 32.3. The summed E-state index contributed by atoms with van der Waals surface area (Å²) in [5.74, 6) is 0. The molecule has 0 fully saturated rings. The minimum absolute atomic E-state index is 0.0396. The van der Waals surface area contributed by atoms with Crippen LogP contribution >= 0.6 is 11.3 Å². The second kappa shape index (κ2) is 21.9. The van der Waals surface area contributed by atoms with Crippen molar-refractivity contribution in [3.8, 4) is 5.69 Å². The van der Waals surface area contributed by atoms with Crippen molar-refractivity contribution >= 4 is 36.5 Å². The van der Waals surface area contributed by atoms with E-state index >= 15 is 0 Å². The summed E-state index contributed by atoms with van der Waals surface area (Å²) < 4.78 is 78.5. The van der Waals surface area contributed by atoms with Crippen molar-refractivity contribution in [1.82, 2.24) is 10.2 Å². The first-order valence-electron chi connectivity index (χ1n) is 17.0. The molecule has 2 aromatic heterocycles. The van der Waals surface area contributed by atoms with Crippen LogP contribution in [0.15, 0.2) is 39.6 Å². The molecule has 3 aromatic rings. The second-order valence-corrected chi connectivity index (χ2v) is 16.9. The number of nitrogens with one attached hydrogen (secondary N) is 1. The van der Waals surface area contributed by atoms with Crippen LogP contribution < -0.4 is 28.4 Å². The molecule has 16 heteroatoms. The van der Waals surface area contributed by atoms with Gasteiger partial charge in [0.25, 0.3) is 20.0 Å². The zero-order chi connectivity index (χ0) is 36.5. The third kappa shape index (κ3) is 15.3. The summed E-state index contributed by atoms with van der Waals surface area (Å²) >= 11 is 0.564. The third-order valence-electron chi connectivity index (χ3n) is 8.35. The van der Waals surface area contributed by atoms with E-state index in [1.807, 2.05) is 12.1 Å². The highest BCUT2D eigenvalue weighted by molar-refractivity contribution is 7.93. The van der Waals surface area contributed by atoms with E-state index in [4.69, 9.17) is 19.1 Å². The topological polar surface area (TPSA) is 205 Å². The van der Waals surface area contributed by atoms with Gasteiger partial charge in [-0.25, -0.2) is 22.0 Å². The molecular formula is C33H52ClN5O7S3. The molecule has 0 bridgehead atoms. The normalized spacial score (nSPS) is 11.9. The van der Waals surface area contributed by atoms with Crippen molar-refractivity contribution < 1.29 is 46.2 Å². The molecule has 0 spiro atoms. The van der Waals surface area contributed by atoms with Crippen LogP contribution in [0.4, 0.5) is 5.13 Å². The molecule has 0 radical (unpaired) electrons. The van der Waals surface area contributed by atoms with Gasteiger partial charge in [0.1, 0.15) is 0 Å². The lowest BCUT2D eigenvalue weighted by molar-refractivity contribution is -1.73. The van der Waals surface area contributed by atoms with E-state index in [-0.39, 0.29) is 10.0 Å². The summed E-state index contributed by atoms with van der Waals surface area (Å²) in [5.41, 5.74) is 6.02. The van der Waals surface area contributed by atoms with Gasteiger partial charge in [-0.1, -0.05) is 102 Å². The smallest absolute Gasteiger partial charge is 0.267 e. The first kappa shape index (κ1) is 42.9. The minimum atomic E-state index is -4.07. The zero-order valence-electron chi connectivity index (χ0n) is 29.1. The number of benzene rings is 1. The maximum absolute atomic E-state index is 13.0. The van der Waals surface area contributed by atoms with E-state index in [1.165, 1.54) is 106 Å².